The third-order valence-electron chi connectivity index (χ3n) is 4.20. The van der Waals surface area contributed by atoms with E-state index in [1.807, 2.05) is 0 Å². The van der Waals surface area contributed by atoms with Crippen LogP contribution in [0.4, 0.5) is 0 Å². The lowest BCUT2D eigenvalue weighted by Crippen LogP contribution is -2.38. The zero-order valence-electron chi connectivity index (χ0n) is 12.0. The summed E-state index contributed by atoms with van der Waals surface area (Å²) in [6, 6.07) is 9.77. The van der Waals surface area contributed by atoms with Crippen molar-refractivity contribution in [3.8, 4) is 0 Å². The van der Waals surface area contributed by atoms with Crippen LogP contribution in [-0.2, 0) is 0 Å². The lowest BCUT2D eigenvalue weighted by Gasteiger charge is -2.32. The number of nitrogens with zero attached hydrogens (tertiary/aromatic N) is 1. The second-order valence-electron chi connectivity index (χ2n) is 5.65. The first-order valence-electron chi connectivity index (χ1n) is 7.36. The van der Waals surface area contributed by atoms with Crippen LogP contribution < -0.4 is 5.32 Å². The van der Waals surface area contributed by atoms with Gasteiger partial charge in [0.25, 0.3) is 0 Å². The second kappa shape index (κ2) is 7.41. The summed E-state index contributed by atoms with van der Waals surface area (Å²) in [5, 5.41) is 3.65. The summed E-state index contributed by atoms with van der Waals surface area (Å²) in [5.74, 6) is 0. The Kier molecular flexibility index (Phi) is 5.86. The fourth-order valence-corrected chi connectivity index (χ4v) is 3.29. The van der Waals surface area contributed by atoms with Gasteiger partial charge in [-0.2, -0.15) is 0 Å². The minimum atomic E-state index is 0.423. The van der Waals surface area contributed by atoms with Crippen molar-refractivity contribution in [2.75, 3.05) is 20.1 Å². The molecule has 1 aromatic rings. The fraction of sp³-hybridized carbons (Fsp3) is 0.625. The van der Waals surface area contributed by atoms with E-state index in [0.29, 0.717) is 6.04 Å². The SMILES string of the molecule is C[C@H](NCCC1CCCCN1C)c1cccc(Br)c1. The van der Waals surface area contributed by atoms with Crippen molar-refractivity contribution in [2.24, 2.45) is 0 Å². The van der Waals surface area contributed by atoms with Crippen molar-refractivity contribution >= 4 is 15.9 Å². The van der Waals surface area contributed by atoms with Gasteiger partial charge in [-0.3, -0.25) is 0 Å². The maximum Gasteiger partial charge on any atom is 0.0292 e. The van der Waals surface area contributed by atoms with Crippen LogP contribution in [0.2, 0.25) is 0 Å². The van der Waals surface area contributed by atoms with E-state index >= 15 is 0 Å². The van der Waals surface area contributed by atoms with E-state index in [9.17, 15) is 0 Å². The Hall–Kier alpha value is -0.380. The normalized spacial score (nSPS) is 22.4. The minimum Gasteiger partial charge on any atom is -0.310 e. The number of hydrogen-bond acceptors (Lipinski definition) is 2. The minimum absolute atomic E-state index is 0.423. The molecular weight excluding hydrogens is 300 g/mol. The molecule has 0 aromatic heterocycles. The Balaban J connectivity index is 1.76. The number of hydrogen-bond donors (Lipinski definition) is 1. The van der Waals surface area contributed by atoms with Crippen LogP contribution in [0.1, 0.15) is 44.2 Å². The molecule has 0 amide bonds. The zero-order chi connectivity index (χ0) is 13.7. The third-order valence-corrected chi connectivity index (χ3v) is 4.69. The molecule has 1 heterocycles. The van der Waals surface area contributed by atoms with Crippen LogP contribution in [0, 0.1) is 0 Å². The molecule has 1 aliphatic heterocycles. The predicted octanol–water partition coefficient (Wildman–Crippen LogP) is 3.97. The van der Waals surface area contributed by atoms with E-state index in [1.165, 1.54) is 37.8 Å². The maximum atomic E-state index is 3.65. The molecule has 0 radical (unpaired) electrons. The first-order chi connectivity index (χ1) is 9.16. The summed E-state index contributed by atoms with van der Waals surface area (Å²) >= 11 is 3.53. The Bertz CT molecular complexity index is 394. The first-order valence-corrected chi connectivity index (χ1v) is 8.15. The van der Waals surface area contributed by atoms with Crippen LogP contribution in [0.25, 0.3) is 0 Å². The monoisotopic (exact) mass is 324 g/mol. The fourth-order valence-electron chi connectivity index (χ4n) is 2.87. The van der Waals surface area contributed by atoms with Gasteiger partial charge in [-0.25, -0.2) is 0 Å². The number of likely N-dealkylation sites (tertiary alicyclic amines) is 1. The number of rotatable bonds is 5. The third kappa shape index (κ3) is 4.59. The van der Waals surface area contributed by atoms with Gasteiger partial charge in [-0.1, -0.05) is 34.5 Å². The lowest BCUT2D eigenvalue weighted by molar-refractivity contribution is 0.174. The second-order valence-corrected chi connectivity index (χ2v) is 6.57. The van der Waals surface area contributed by atoms with Gasteiger partial charge < -0.3 is 10.2 Å². The largest absolute Gasteiger partial charge is 0.310 e. The molecule has 2 nitrogen and oxygen atoms in total. The molecule has 1 unspecified atom stereocenters. The quantitative estimate of drug-likeness (QED) is 0.881. The molecular formula is C16H25BrN2. The number of benzene rings is 1. The van der Waals surface area contributed by atoms with E-state index in [4.69, 9.17) is 0 Å². The van der Waals surface area contributed by atoms with Gasteiger partial charge in [0, 0.05) is 16.6 Å². The zero-order valence-corrected chi connectivity index (χ0v) is 13.6. The molecule has 0 saturated carbocycles. The molecule has 106 valence electrons. The average Bonchev–Trinajstić information content (AvgIpc) is 2.41. The Labute approximate surface area is 125 Å². The Morgan fingerprint density at radius 1 is 1.42 bits per heavy atom. The molecule has 19 heavy (non-hydrogen) atoms. The van der Waals surface area contributed by atoms with Crippen LogP contribution >= 0.6 is 15.9 Å². The summed E-state index contributed by atoms with van der Waals surface area (Å²) in [6.07, 6.45) is 5.39. The van der Waals surface area contributed by atoms with Crippen LogP contribution in [-0.4, -0.2) is 31.1 Å². The van der Waals surface area contributed by atoms with Gasteiger partial charge in [0.15, 0.2) is 0 Å². The smallest absolute Gasteiger partial charge is 0.0292 e. The van der Waals surface area contributed by atoms with Crippen molar-refractivity contribution in [1.29, 1.82) is 0 Å². The summed E-state index contributed by atoms with van der Waals surface area (Å²) in [7, 11) is 2.27. The van der Waals surface area contributed by atoms with Gasteiger partial charge >= 0.3 is 0 Å². The molecule has 2 atom stereocenters. The number of piperidine rings is 1. The van der Waals surface area contributed by atoms with Gasteiger partial charge in [0.05, 0.1) is 0 Å². The first kappa shape index (κ1) is 15.0. The molecule has 1 aromatic carbocycles. The van der Waals surface area contributed by atoms with Gasteiger partial charge in [0.2, 0.25) is 0 Å². The highest BCUT2D eigenvalue weighted by Gasteiger charge is 2.18. The van der Waals surface area contributed by atoms with E-state index in [-0.39, 0.29) is 0 Å². The number of nitrogens with one attached hydrogen (secondary N) is 1. The Morgan fingerprint density at radius 3 is 3.00 bits per heavy atom. The van der Waals surface area contributed by atoms with Crippen LogP contribution in [0.5, 0.6) is 0 Å². The topological polar surface area (TPSA) is 15.3 Å². The van der Waals surface area contributed by atoms with Gasteiger partial charge in [-0.05, 0) is 64.0 Å². The van der Waals surface area contributed by atoms with Crippen molar-refractivity contribution < 1.29 is 0 Å². The molecule has 1 N–H and O–H groups in total. The molecule has 0 spiro atoms. The molecule has 0 bridgehead atoms. The Morgan fingerprint density at radius 2 is 2.26 bits per heavy atom. The summed E-state index contributed by atoms with van der Waals surface area (Å²) in [4.78, 5) is 2.52. The molecule has 1 aliphatic rings. The van der Waals surface area contributed by atoms with Gasteiger partial charge in [0.1, 0.15) is 0 Å². The van der Waals surface area contributed by atoms with Crippen molar-refractivity contribution in [2.45, 2.75) is 44.7 Å². The summed E-state index contributed by atoms with van der Waals surface area (Å²) < 4.78 is 1.16. The van der Waals surface area contributed by atoms with E-state index in [2.05, 4.69) is 64.4 Å². The summed E-state index contributed by atoms with van der Waals surface area (Å²) in [5.41, 5.74) is 1.35. The van der Waals surface area contributed by atoms with Crippen molar-refractivity contribution in [3.05, 3.63) is 34.3 Å². The summed E-state index contributed by atoms with van der Waals surface area (Å²) in [6.45, 7) is 4.61. The maximum absolute atomic E-state index is 3.65. The van der Waals surface area contributed by atoms with Crippen LogP contribution in [0.15, 0.2) is 28.7 Å². The highest BCUT2D eigenvalue weighted by atomic mass is 79.9. The van der Waals surface area contributed by atoms with Crippen molar-refractivity contribution in [1.82, 2.24) is 10.2 Å². The molecule has 3 heteroatoms. The average molecular weight is 325 g/mol. The number of halogens is 1. The van der Waals surface area contributed by atoms with Crippen molar-refractivity contribution in [3.63, 3.8) is 0 Å². The highest BCUT2D eigenvalue weighted by molar-refractivity contribution is 9.10. The molecule has 0 aliphatic carbocycles. The predicted molar refractivity (Wildman–Crippen MR) is 85.4 cm³/mol. The lowest BCUT2D eigenvalue weighted by atomic mass is 10.00. The van der Waals surface area contributed by atoms with Gasteiger partial charge in [-0.15, -0.1) is 0 Å². The van der Waals surface area contributed by atoms with E-state index < -0.39 is 0 Å². The van der Waals surface area contributed by atoms with Crippen LogP contribution in [0.3, 0.4) is 0 Å². The van der Waals surface area contributed by atoms with E-state index in [0.717, 1.165) is 17.1 Å². The molecule has 1 fully saturated rings. The van der Waals surface area contributed by atoms with E-state index in [1.54, 1.807) is 0 Å². The molecule has 2 rings (SSSR count). The highest BCUT2D eigenvalue weighted by Crippen LogP contribution is 2.19. The molecule has 1 saturated heterocycles. The standard InChI is InChI=1S/C16H25BrN2/c1-13(14-6-5-7-15(17)12-14)18-10-9-16-8-3-4-11-19(16)2/h5-7,12-13,16,18H,3-4,8-11H2,1-2H3/t13-,16?/m0/s1.